The maximum Gasteiger partial charge on any atom is 0.0407 e. The third-order valence-electron chi connectivity index (χ3n) is 1.85. The van der Waals surface area contributed by atoms with Gasteiger partial charge in [0.05, 0.1) is 0 Å². The van der Waals surface area contributed by atoms with Gasteiger partial charge in [0.1, 0.15) is 0 Å². The van der Waals surface area contributed by atoms with Crippen molar-refractivity contribution in [3.05, 3.63) is 59.6 Å². The SMILES string of the molecule is Clc1ccc(Nc2cc[c]cc2)cc1. The molecule has 0 spiro atoms. The van der Waals surface area contributed by atoms with E-state index in [1.54, 1.807) is 0 Å². The minimum atomic E-state index is 0.747. The smallest absolute Gasteiger partial charge is 0.0407 e. The van der Waals surface area contributed by atoms with Gasteiger partial charge in [-0.3, -0.25) is 0 Å². The predicted molar refractivity (Wildman–Crippen MR) is 60.0 cm³/mol. The summed E-state index contributed by atoms with van der Waals surface area (Å²) in [6, 6.07) is 18.3. The zero-order chi connectivity index (χ0) is 9.80. The predicted octanol–water partition coefficient (Wildman–Crippen LogP) is 3.88. The Bertz CT molecular complexity index is 394. The summed E-state index contributed by atoms with van der Waals surface area (Å²) in [5.41, 5.74) is 2.08. The van der Waals surface area contributed by atoms with Crippen molar-refractivity contribution < 1.29 is 0 Å². The molecule has 0 aliphatic heterocycles. The van der Waals surface area contributed by atoms with Crippen molar-refractivity contribution in [2.24, 2.45) is 0 Å². The summed E-state index contributed by atoms with van der Waals surface area (Å²) in [5.74, 6) is 0. The molecule has 0 aliphatic carbocycles. The summed E-state index contributed by atoms with van der Waals surface area (Å²) in [6.45, 7) is 0. The summed E-state index contributed by atoms with van der Waals surface area (Å²) in [5, 5.41) is 4.00. The molecule has 0 fully saturated rings. The van der Waals surface area contributed by atoms with Gasteiger partial charge in [-0.2, -0.15) is 0 Å². The largest absolute Gasteiger partial charge is 0.356 e. The standard InChI is InChI=1S/C12H9ClN/c13-10-6-8-12(9-7-10)14-11-4-2-1-3-5-11/h2-9,14H. The monoisotopic (exact) mass is 202 g/mol. The third-order valence-corrected chi connectivity index (χ3v) is 2.10. The Hall–Kier alpha value is -1.47. The normalized spacial score (nSPS) is 9.79. The first kappa shape index (κ1) is 9.10. The Balaban J connectivity index is 2.16. The lowest BCUT2D eigenvalue weighted by atomic mass is 10.3. The lowest BCUT2D eigenvalue weighted by molar-refractivity contribution is 1.55. The number of benzene rings is 2. The van der Waals surface area contributed by atoms with Crippen LogP contribution >= 0.6 is 11.6 Å². The van der Waals surface area contributed by atoms with Crippen molar-refractivity contribution in [3.8, 4) is 0 Å². The highest BCUT2D eigenvalue weighted by atomic mass is 35.5. The lowest BCUT2D eigenvalue weighted by Crippen LogP contribution is -1.88. The van der Waals surface area contributed by atoms with E-state index in [0.717, 1.165) is 16.4 Å². The highest BCUT2D eigenvalue weighted by Crippen LogP contribution is 2.18. The van der Waals surface area contributed by atoms with Gasteiger partial charge >= 0.3 is 0 Å². The Kier molecular flexibility index (Phi) is 2.70. The molecule has 0 aliphatic rings. The van der Waals surface area contributed by atoms with E-state index in [0.29, 0.717) is 0 Å². The van der Waals surface area contributed by atoms with Gasteiger partial charge in [0.25, 0.3) is 0 Å². The molecule has 1 N–H and O–H groups in total. The molecule has 2 aromatic rings. The second-order valence-corrected chi connectivity index (χ2v) is 3.36. The highest BCUT2D eigenvalue weighted by molar-refractivity contribution is 6.30. The average molecular weight is 203 g/mol. The molecule has 0 atom stereocenters. The number of halogens is 1. The number of hydrogen-bond acceptors (Lipinski definition) is 1. The van der Waals surface area contributed by atoms with Crippen molar-refractivity contribution in [3.63, 3.8) is 0 Å². The van der Waals surface area contributed by atoms with E-state index < -0.39 is 0 Å². The Morgan fingerprint density at radius 1 is 0.857 bits per heavy atom. The molecule has 2 rings (SSSR count). The zero-order valence-electron chi connectivity index (χ0n) is 7.50. The first-order chi connectivity index (χ1) is 6.84. The molecule has 0 saturated heterocycles. The average Bonchev–Trinajstić information content (AvgIpc) is 2.23. The van der Waals surface area contributed by atoms with Gasteiger partial charge in [-0.05, 0) is 42.5 Å². The molecule has 2 aromatic carbocycles. The first-order valence-corrected chi connectivity index (χ1v) is 4.71. The van der Waals surface area contributed by atoms with Gasteiger partial charge in [0.2, 0.25) is 0 Å². The molecular formula is C12H9ClN. The van der Waals surface area contributed by atoms with E-state index in [-0.39, 0.29) is 0 Å². The van der Waals surface area contributed by atoms with E-state index in [4.69, 9.17) is 11.6 Å². The van der Waals surface area contributed by atoms with Crippen molar-refractivity contribution >= 4 is 23.0 Å². The molecule has 0 unspecified atom stereocenters. The van der Waals surface area contributed by atoms with Crippen molar-refractivity contribution in [1.82, 2.24) is 0 Å². The molecule has 2 heteroatoms. The summed E-state index contributed by atoms with van der Waals surface area (Å²) in [4.78, 5) is 0. The van der Waals surface area contributed by atoms with Crippen molar-refractivity contribution in [2.75, 3.05) is 5.32 Å². The Morgan fingerprint density at radius 3 is 2.07 bits per heavy atom. The summed E-state index contributed by atoms with van der Waals surface area (Å²) in [7, 11) is 0. The molecule has 1 radical (unpaired) electrons. The lowest BCUT2D eigenvalue weighted by Gasteiger charge is -2.05. The molecular weight excluding hydrogens is 194 g/mol. The Labute approximate surface area is 88.3 Å². The van der Waals surface area contributed by atoms with Crippen LogP contribution in [0.25, 0.3) is 0 Å². The van der Waals surface area contributed by atoms with Gasteiger partial charge in [-0.15, -0.1) is 0 Å². The summed E-state index contributed by atoms with van der Waals surface area (Å²) < 4.78 is 0. The van der Waals surface area contributed by atoms with Crippen LogP contribution in [-0.4, -0.2) is 0 Å². The Morgan fingerprint density at radius 2 is 1.43 bits per heavy atom. The minimum absolute atomic E-state index is 0.747. The third kappa shape index (κ3) is 2.27. The second kappa shape index (κ2) is 4.16. The van der Waals surface area contributed by atoms with Crippen LogP contribution in [0.1, 0.15) is 0 Å². The van der Waals surface area contributed by atoms with Crippen LogP contribution in [0, 0.1) is 6.07 Å². The van der Waals surface area contributed by atoms with E-state index in [1.165, 1.54) is 0 Å². The topological polar surface area (TPSA) is 12.0 Å². The fraction of sp³-hybridized carbons (Fsp3) is 0. The van der Waals surface area contributed by atoms with E-state index in [9.17, 15) is 0 Å². The van der Waals surface area contributed by atoms with E-state index >= 15 is 0 Å². The molecule has 0 bridgehead atoms. The van der Waals surface area contributed by atoms with Gasteiger partial charge in [-0.1, -0.05) is 23.7 Å². The van der Waals surface area contributed by atoms with Crippen molar-refractivity contribution in [1.29, 1.82) is 0 Å². The molecule has 0 saturated carbocycles. The van der Waals surface area contributed by atoms with Gasteiger partial charge in [-0.25, -0.2) is 0 Å². The summed E-state index contributed by atoms with van der Waals surface area (Å²) in [6.07, 6.45) is 0. The minimum Gasteiger partial charge on any atom is -0.356 e. The molecule has 0 heterocycles. The molecule has 0 amide bonds. The molecule has 1 nitrogen and oxygen atoms in total. The van der Waals surface area contributed by atoms with Crippen LogP contribution in [0.2, 0.25) is 5.02 Å². The van der Waals surface area contributed by atoms with Crippen LogP contribution < -0.4 is 5.32 Å². The summed E-state index contributed by atoms with van der Waals surface area (Å²) >= 11 is 5.78. The van der Waals surface area contributed by atoms with Crippen LogP contribution in [0.4, 0.5) is 11.4 Å². The van der Waals surface area contributed by atoms with Crippen LogP contribution in [-0.2, 0) is 0 Å². The number of anilines is 2. The van der Waals surface area contributed by atoms with Crippen LogP contribution in [0.3, 0.4) is 0 Å². The van der Waals surface area contributed by atoms with E-state index in [1.807, 2.05) is 48.5 Å². The number of hydrogen-bond donors (Lipinski definition) is 1. The van der Waals surface area contributed by atoms with Crippen molar-refractivity contribution in [2.45, 2.75) is 0 Å². The second-order valence-electron chi connectivity index (χ2n) is 2.92. The van der Waals surface area contributed by atoms with E-state index in [2.05, 4.69) is 11.4 Å². The first-order valence-electron chi connectivity index (χ1n) is 4.33. The number of rotatable bonds is 2. The molecule has 0 aromatic heterocycles. The quantitative estimate of drug-likeness (QED) is 0.779. The fourth-order valence-corrected chi connectivity index (χ4v) is 1.30. The zero-order valence-corrected chi connectivity index (χ0v) is 8.25. The van der Waals surface area contributed by atoms with Gasteiger partial charge in [0.15, 0.2) is 0 Å². The van der Waals surface area contributed by atoms with Gasteiger partial charge in [0, 0.05) is 16.4 Å². The fourth-order valence-electron chi connectivity index (χ4n) is 1.17. The maximum atomic E-state index is 5.78. The van der Waals surface area contributed by atoms with Crippen LogP contribution in [0.5, 0.6) is 0 Å². The van der Waals surface area contributed by atoms with Crippen LogP contribution in [0.15, 0.2) is 48.5 Å². The van der Waals surface area contributed by atoms with Gasteiger partial charge < -0.3 is 5.32 Å². The number of nitrogens with one attached hydrogen (secondary N) is 1. The highest BCUT2D eigenvalue weighted by Gasteiger charge is 1.92. The molecule has 14 heavy (non-hydrogen) atoms. The molecule has 69 valence electrons. The maximum absolute atomic E-state index is 5.78.